The van der Waals surface area contributed by atoms with Gasteiger partial charge in [0.25, 0.3) is 0 Å². The molecule has 21 heavy (non-hydrogen) atoms. The molecule has 1 aromatic rings. The number of benzene rings is 1. The van der Waals surface area contributed by atoms with Gasteiger partial charge in [0.05, 0.1) is 0 Å². The molecule has 3 rings (SSSR count). The van der Waals surface area contributed by atoms with Gasteiger partial charge in [-0.15, -0.1) is 0 Å². The number of carbonyl (C=O) groups excluding carboxylic acids is 1. The maximum atomic E-state index is 12.1. The van der Waals surface area contributed by atoms with Gasteiger partial charge in [0.2, 0.25) is 5.91 Å². The van der Waals surface area contributed by atoms with E-state index in [1.54, 1.807) is 29.2 Å². The molecule has 2 fully saturated rings. The summed E-state index contributed by atoms with van der Waals surface area (Å²) in [7, 11) is -3.45. The van der Waals surface area contributed by atoms with Crippen LogP contribution in [0.5, 0.6) is 0 Å². The maximum Gasteiger partial charge on any atom is 0.301 e. The van der Waals surface area contributed by atoms with E-state index < -0.39 is 10.2 Å². The number of amides is 1. The Hall–Kier alpha value is -1.60. The topological polar surface area (TPSA) is 69.7 Å². The van der Waals surface area contributed by atoms with E-state index in [9.17, 15) is 13.2 Å². The van der Waals surface area contributed by atoms with Crippen molar-refractivity contribution >= 4 is 27.5 Å². The SMILES string of the molecule is O=C1CCCN1c1ccc(NS(=O)(=O)N2CCCC2)cc1. The van der Waals surface area contributed by atoms with Crippen LogP contribution in [0.25, 0.3) is 0 Å². The van der Waals surface area contributed by atoms with E-state index in [1.165, 1.54) is 4.31 Å². The molecule has 0 saturated carbocycles. The number of carbonyl (C=O) groups is 1. The largest absolute Gasteiger partial charge is 0.312 e. The molecule has 7 heteroatoms. The van der Waals surface area contributed by atoms with E-state index in [2.05, 4.69) is 4.72 Å². The lowest BCUT2D eigenvalue weighted by Gasteiger charge is -2.18. The van der Waals surface area contributed by atoms with Crippen molar-refractivity contribution in [2.24, 2.45) is 0 Å². The van der Waals surface area contributed by atoms with Gasteiger partial charge in [-0.2, -0.15) is 12.7 Å². The van der Waals surface area contributed by atoms with Crippen molar-refractivity contribution in [3.05, 3.63) is 24.3 Å². The summed E-state index contributed by atoms with van der Waals surface area (Å²) >= 11 is 0. The first-order valence-electron chi connectivity index (χ1n) is 7.24. The fraction of sp³-hybridized carbons (Fsp3) is 0.500. The van der Waals surface area contributed by atoms with Crippen molar-refractivity contribution in [2.45, 2.75) is 25.7 Å². The summed E-state index contributed by atoms with van der Waals surface area (Å²) in [6, 6.07) is 6.97. The molecule has 0 spiro atoms. The van der Waals surface area contributed by atoms with E-state index in [1.807, 2.05) is 0 Å². The number of hydrogen-bond donors (Lipinski definition) is 1. The molecule has 0 aromatic heterocycles. The van der Waals surface area contributed by atoms with Gasteiger partial charge in [-0.3, -0.25) is 9.52 Å². The molecular formula is C14H19N3O3S. The smallest absolute Gasteiger partial charge is 0.301 e. The third kappa shape index (κ3) is 3.03. The molecule has 0 unspecified atom stereocenters. The number of nitrogens with one attached hydrogen (secondary N) is 1. The standard InChI is InChI=1S/C14H19N3O3S/c18-14-4-3-11-17(14)13-7-5-12(6-8-13)15-21(19,20)16-9-1-2-10-16/h5-8,15H,1-4,9-11H2. The third-order valence-corrected chi connectivity index (χ3v) is 5.44. The average Bonchev–Trinajstić information content (AvgIpc) is 3.10. The van der Waals surface area contributed by atoms with Crippen LogP contribution in [-0.2, 0) is 15.0 Å². The van der Waals surface area contributed by atoms with Crippen LogP contribution in [0.4, 0.5) is 11.4 Å². The Morgan fingerprint density at radius 3 is 2.19 bits per heavy atom. The summed E-state index contributed by atoms with van der Waals surface area (Å²) in [5.74, 6) is 0.125. The zero-order valence-electron chi connectivity index (χ0n) is 11.8. The molecule has 0 atom stereocenters. The van der Waals surface area contributed by atoms with Crippen LogP contribution in [-0.4, -0.2) is 38.3 Å². The molecule has 1 N–H and O–H groups in total. The highest BCUT2D eigenvalue weighted by Crippen LogP contribution is 2.24. The molecule has 2 saturated heterocycles. The van der Waals surface area contributed by atoms with E-state index in [4.69, 9.17) is 0 Å². The summed E-state index contributed by atoms with van der Waals surface area (Å²) in [5, 5.41) is 0. The zero-order valence-corrected chi connectivity index (χ0v) is 12.6. The lowest BCUT2D eigenvalue weighted by Crippen LogP contribution is -2.33. The van der Waals surface area contributed by atoms with Gasteiger partial charge in [-0.1, -0.05) is 0 Å². The molecule has 114 valence electrons. The fourth-order valence-corrected chi connectivity index (χ4v) is 4.07. The Kier molecular flexibility index (Phi) is 3.86. The highest BCUT2D eigenvalue weighted by Gasteiger charge is 2.25. The molecule has 0 bridgehead atoms. The zero-order chi connectivity index (χ0) is 14.9. The van der Waals surface area contributed by atoms with Crippen molar-refractivity contribution in [3.63, 3.8) is 0 Å². The lowest BCUT2D eigenvalue weighted by atomic mass is 10.2. The minimum absolute atomic E-state index is 0.125. The second-order valence-corrected chi connectivity index (χ2v) is 7.08. The molecule has 1 amide bonds. The minimum Gasteiger partial charge on any atom is -0.312 e. The monoisotopic (exact) mass is 309 g/mol. The number of rotatable bonds is 4. The lowest BCUT2D eigenvalue weighted by molar-refractivity contribution is -0.117. The highest BCUT2D eigenvalue weighted by molar-refractivity contribution is 7.90. The van der Waals surface area contributed by atoms with Crippen LogP contribution in [0.3, 0.4) is 0 Å². The van der Waals surface area contributed by atoms with Crippen LogP contribution in [0.2, 0.25) is 0 Å². The summed E-state index contributed by atoms with van der Waals surface area (Å²) in [6.07, 6.45) is 3.29. The van der Waals surface area contributed by atoms with Crippen LogP contribution in [0, 0.1) is 0 Å². The number of anilines is 2. The molecular weight excluding hydrogens is 290 g/mol. The molecule has 1 aromatic carbocycles. The van der Waals surface area contributed by atoms with E-state index >= 15 is 0 Å². The Bertz CT molecular complexity index is 621. The minimum atomic E-state index is -3.45. The highest BCUT2D eigenvalue weighted by atomic mass is 32.2. The van der Waals surface area contributed by atoms with Crippen molar-refractivity contribution in [1.82, 2.24) is 4.31 Å². The summed E-state index contributed by atoms with van der Waals surface area (Å²) in [6.45, 7) is 1.89. The van der Waals surface area contributed by atoms with E-state index in [0.717, 1.165) is 31.5 Å². The van der Waals surface area contributed by atoms with Crippen LogP contribution in [0.15, 0.2) is 24.3 Å². The predicted octanol–water partition coefficient (Wildman–Crippen LogP) is 1.57. The van der Waals surface area contributed by atoms with Gasteiger partial charge >= 0.3 is 10.2 Å². The molecule has 6 nitrogen and oxygen atoms in total. The normalized spacial score (nSPS) is 20.2. The second kappa shape index (κ2) is 5.65. The van der Waals surface area contributed by atoms with Gasteiger partial charge in [-0.25, -0.2) is 0 Å². The fourth-order valence-electron chi connectivity index (χ4n) is 2.77. The number of hydrogen-bond acceptors (Lipinski definition) is 3. The quantitative estimate of drug-likeness (QED) is 0.918. The predicted molar refractivity (Wildman–Crippen MR) is 81.4 cm³/mol. The van der Waals surface area contributed by atoms with Gasteiger partial charge in [-0.05, 0) is 43.5 Å². The Morgan fingerprint density at radius 1 is 0.952 bits per heavy atom. The van der Waals surface area contributed by atoms with Gasteiger partial charge < -0.3 is 4.90 Å². The first kappa shape index (κ1) is 14.3. The Morgan fingerprint density at radius 2 is 1.62 bits per heavy atom. The first-order valence-corrected chi connectivity index (χ1v) is 8.69. The van der Waals surface area contributed by atoms with Gasteiger partial charge in [0.1, 0.15) is 0 Å². The molecule has 2 heterocycles. The molecule has 2 aliphatic rings. The summed E-state index contributed by atoms with van der Waals surface area (Å²) in [5.41, 5.74) is 1.35. The maximum absolute atomic E-state index is 12.1. The molecule has 2 aliphatic heterocycles. The van der Waals surface area contributed by atoms with Gasteiger partial charge in [0.15, 0.2) is 0 Å². The number of nitrogens with zero attached hydrogens (tertiary/aromatic N) is 2. The summed E-state index contributed by atoms with van der Waals surface area (Å²) < 4.78 is 28.3. The van der Waals surface area contributed by atoms with Gasteiger partial charge in [0, 0.05) is 37.4 Å². The molecule has 0 radical (unpaired) electrons. The van der Waals surface area contributed by atoms with Crippen molar-refractivity contribution in [1.29, 1.82) is 0 Å². The first-order chi connectivity index (χ1) is 10.1. The van der Waals surface area contributed by atoms with Crippen LogP contribution in [0.1, 0.15) is 25.7 Å². The Labute approximate surface area is 124 Å². The Balaban J connectivity index is 1.71. The average molecular weight is 309 g/mol. The van der Waals surface area contributed by atoms with Crippen molar-refractivity contribution < 1.29 is 13.2 Å². The van der Waals surface area contributed by atoms with E-state index in [-0.39, 0.29) is 5.91 Å². The van der Waals surface area contributed by atoms with Crippen molar-refractivity contribution in [3.8, 4) is 0 Å². The summed E-state index contributed by atoms with van der Waals surface area (Å²) in [4.78, 5) is 13.4. The van der Waals surface area contributed by atoms with Crippen molar-refractivity contribution in [2.75, 3.05) is 29.3 Å². The molecule has 0 aliphatic carbocycles. The van der Waals surface area contributed by atoms with E-state index in [0.29, 0.717) is 25.2 Å². The second-order valence-electron chi connectivity index (χ2n) is 5.41. The van der Waals surface area contributed by atoms with Crippen LogP contribution >= 0.6 is 0 Å². The third-order valence-electron chi connectivity index (χ3n) is 3.90. The van der Waals surface area contributed by atoms with Crippen LogP contribution < -0.4 is 9.62 Å².